The molecule has 1 N–H and O–H groups in total. The molecule has 1 nitrogen and oxygen atoms in total. The first-order valence-electron chi connectivity index (χ1n) is 7.35. The molecular formula is C18H18F2O. The number of benzene rings is 2. The van der Waals surface area contributed by atoms with E-state index in [0.29, 0.717) is 6.42 Å². The Hall–Kier alpha value is -1.74. The molecule has 1 aliphatic carbocycles. The summed E-state index contributed by atoms with van der Waals surface area (Å²) in [6, 6.07) is 13.7. The van der Waals surface area contributed by atoms with E-state index in [-0.39, 0.29) is 11.5 Å². The second-order valence-electron chi connectivity index (χ2n) is 5.73. The third-order valence-corrected chi connectivity index (χ3v) is 4.50. The molecule has 0 spiro atoms. The molecule has 2 aromatic carbocycles. The van der Waals surface area contributed by atoms with Crippen molar-refractivity contribution >= 4 is 0 Å². The van der Waals surface area contributed by atoms with Crippen molar-refractivity contribution in [2.24, 2.45) is 0 Å². The molecular weight excluding hydrogens is 270 g/mol. The second kappa shape index (κ2) is 5.57. The van der Waals surface area contributed by atoms with Crippen LogP contribution in [-0.4, -0.2) is 5.11 Å². The van der Waals surface area contributed by atoms with Crippen molar-refractivity contribution in [1.29, 1.82) is 0 Å². The monoisotopic (exact) mass is 288 g/mol. The van der Waals surface area contributed by atoms with E-state index in [0.717, 1.165) is 30.9 Å². The topological polar surface area (TPSA) is 20.2 Å². The lowest BCUT2D eigenvalue weighted by atomic mass is 9.68. The Kier molecular flexibility index (Phi) is 3.77. The minimum atomic E-state index is -1.34. The standard InChI is InChI=1S/C18H18F2O/c19-16-11-6-10-15(17(16)20)18(21)12-5-4-9-14(18)13-7-2-1-3-8-13/h1-3,6-8,10-11,14,21H,4-5,9,12H2. The van der Waals surface area contributed by atoms with E-state index in [2.05, 4.69) is 0 Å². The van der Waals surface area contributed by atoms with Crippen molar-refractivity contribution in [3.8, 4) is 0 Å². The third kappa shape index (κ3) is 2.46. The fourth-order valence-corrected chi connectivity index (χ4v) is 3.44. The molecule has 0 heterocycles. The highest BCUT2D eigenvalue weighted by Gasteiger charge is 2.43. The van der Waals surface area contributed by atoms with Gasteiger partial charge in [-0.1, -0.05) is 55.3 Å². The predicted molar refractivity (Wildman–Crippen MR) is 77.9 cm³/mol. The van der Waals surface area contributed by atoms with E-state index in [9.17, 15) is 13.9 Å². The Bertz CT molecular complexity index is 626. The summed E-state index contributed by atoms with van der Waals surface area (Å²) in [5.74, 6) is -2.04. The molecule has 110 valence electrons. The number of halogens is 2. The van der Waals surface area contributed by atoms with Crippen molar-refractivity contribution in [2.75, 3.05) is 0 Å². The molecule has 0 bridgehead atoms. The van der Waals surface area contributed by atoms with Crippen LogP contribution in [0, 0.1) is 11.6 Å². The summed E-state index contributed by atoms with van der Waals surface area (Å²) in [4.78, 5) is 0. The molecule has 2 aromatic rings. The average Bonchev–Trinajstić information content (AvgIpc) is 2.51. The van der Waals surface area contributed by atoms with Crippen LogP contribution in [0.2, 0.25) is 0 Å². The zero-order valence-corrected chi connectivity index (χ0v) is 11.7. The second-order valence-corrected chi connectivity index (χ2v) is 5.73. The SMILES string of the molecule is OC1(c2cccc(F)c2F)CCCCC1c1ccccc1. The maximum Gasteiger partial charge on any atom is 0.164 e. The summed E-state index contributed by atoms with van der Waals surface area (Å²) in [6.07, 6.45) is 3.03. The molecule has 0 aromatic heterocycles. The van der Waals surface area contributed by atoms with Gasteiger partial charge in [-0.2, -0.15) is 0 Å². The molecule has 0 aliphatic heterocycles. The Morgan fingerprint density at radius 2 is 1.71 bits per heavy atom. The average molecular weight is 288 g/mol. The summed E-state index contributed by atoms with van der Waals surface area (Å²) >= 11 is 0. The lowest BCUT2D eigenvalue weighted by molar-refractivity contribution is -0.0258. The van der Waals surface area contributed by atoms with Gasteiger partial charge in [-0.05, 0) is 24.5 Å². The minimum Gasteiger partial charge on any atom is -0.384 e. The first kappa shape index (κ1) is 14.2. The molecule has 0 radical (unpaired) electrons. The fourth-order valence-electron chi connectivity index (χ4n) is 3.44. The maximum atomic E-state index is 14.2. The van der Waals surface area contributed by atoms with E-state index in [1.165, 1.54) is 12.1 Å². The summed E-state index contributed by atoms with van der Waals surface area (Å²) in [6.45, 7) is 0. The molecule has 2 atom stereocenters. The number of hydrogen-bond donors (Lipinski definition) is 1. The number of hydrogen-bond acceptors (Lipinski definition) is 1. The number of aliphatic hydroxyl groups is 1. The lowest BCUT2D eigenvalue weighted by Crippen LogP contribution is -2.37. The van der Waals surface area contributed by atoms with E-state index in [1.807, 2.05) is 30.3 Å². The van der Waals surface area contributed by atoms with Crippen molar-refractivity contribution < 1.29 is 13.9 Å². The highest BCUT2D eigenvalue weighted by molar-refractivity contribution is 5.33. The van der Waals surface area contributed by atoms with E-state index >= 15 is 0 Å². The normalized spacial score (nSPS) is 25.8. The fraction of sp³-hybridized carbons (Fsp3) is 0.333. The van der Waals surface area contributed by atoms with Crippen LogP contribution in [-0.2, 0) is 5.60 Å². The molecule has 1 aliphatic rings. The minimum absolute atomic E-state index is 0.0797. The molecule has 0 amide bonds. The Labute approximate surface area is 123 Å². The quantitative estimate of drug-likeness (QED) is 0.862. The van der Waals surface area contributed by atoms with Crippen molar-refractivity contribution in [3.63, 3.8) is 0 Å². The molecule has 2 unspecified atom stereocenters. The van der Waals surface area contributed by atoms with Crippen molar-refractivity contribution in [2.45, 2.75) is 37.2 Å². The summed E-state index contributed by atoms with van der Waals surface area (Å²) in [5.41, 5.74) is -0.286. The first-order valence-corrected chi connectivity index (χ1v) is 7.35. The Morgan fingerprint density at radius 1 is 0.952 bits per heavy atom. The van der Waals surface area contributed by atoms with Gasteiger partial charge in [0.2, 0.25) is 0 Å². The van der Waals surface area contributed by atoms with Gasteiger partial charge in [0.1, 0.15) is 0 Å². The third-order valence-electron chi connectivity index (χ3n) is 4.50. The summed E-state index contributed by atoms with van der Waals surface area (Å²) in [5, 5.41) is 11.2. The highest BCUT2D eigenvalue weighted by atomic mass is 19.2. The van der Waals surface area contributed by atoms with Crippen LogP contribution in [0.3, 0.4) is 0 Å². The van der Waals surface area contributed by atoms with Gasteiger partial charge in [-0.25, -0.2) is 8.78 Å². The smallest absolute Gasteiger partial charge is 0.164 e. The number of rotatable bonds is 2. The van der Waals surface area contributed by atoms with Gasteiger partial charge in [0.15, 0.2) is 11.6 Å². The largest absolute Gasteiger partial charge is 0.384 e. The van der Waals surface area contributed by atoms with Gasteiger partial charge in [-0.3, -0.25) is 0 Å². The summed E-state index contributed by atoms with van der Waals surface area (Å²) < 4.78 is 27.7. The first-order chi connectivity index (χ1) is 10.1. The molecule has 1 saturated carbocycles. The van der Waals surface area contributed by atoms with Crippen LogP contribution in [0.25, 0.3) is 0 Å². The molecule has 3 rings (SSSR count). The lowest BCUT2D eigenvalue weighted by Gasteiger charge is -2.41. The summed E-state index contributed by atoms with van der Waals surface area (Å²) in [7, 11) is 0. The van der Waals surface area contributed by atoms with Gasteiger partial charge in [-0.15, -0.1) is 0 Å². The van der Waals surface area contributed by atoms with Gasteiger partial charge < -0.3 is 5.11 Å². The molecule has 3 heteroatoms. The molecule has 0 saturated heterocycles. The van der Waals surface area contributed by atoms with Crippen LogP contribution >= 0.6 is 0 Å². The van der Waals surface area contributed by atoms with Gasteiger partial charge in [0.25, 0.3) is 0 Å². The zero-order chi connectivity index (χ0) is 14.9. The molecule has 1 fully saturated rings. The predicted octanol–water partition coefficient (Wildman–Crippen LogP) is 4.51. The van der Waals surface area contributed by atoms with Gasteiger partial charge in [0, 0.05) is 11.5 Å². The Morgan fingerprint density at radius 3 is 2.48 bits per heavy atom. The van der Waals surface area contributed by atoms with Crippen molar-refractivity contribution in [1.82, 2.24) is 0 Å². The van der Waals surface area contributed by atoms with E-state index < -0.39 is 17.2 Å². The van der Waals surface area contributed by atoms with Gasteiger partial charge in [0.05, 0.1) is 5.60 Å². The molecule has 21 heavy (non-hydrogen) atoms. The van der Waals surface area contributed by atoms with E-state index in [1.54, 1.807) is 0 Å². The van der Waals surface area contributed by atoms with Crippen LogP contribution in [0.1, 0.15) is 42.7 Å². The van der Waals surface area contributed by atoms with Crippen LogP contribution in [0.5, 0.6) is 0 Å². The van der Waals surface area contributed by atoms with Crippen LogP contribution < -0.4 is 0 Å². The van der Waals surface area contributed by atoms with Crippen molar-refractivity contribution in [3.05, 3.63) is 71.3 Å². The highest BCUT2D eigenvalue weighted by Crippen LogP contribution is 2.48. The maximum absolute atomic E-state index is 14.2. The van der Waals surface area contributed by atoms with Crippen LogP contribution in [0.4, 0.5) is 8.78 Å². The van der Waals surface area contributed by atoms with Gasteiger partial charge >= 0.3 is 0 Å². The Balaban J connectivity index is 2.09. The van der Waals surface area contributed by atoms with E-state index in [4.69, 9.17) is 0 Å². The zero-order valence-electron chi connectivity index (χ0n) is 11.7. The van der Waals surface area contributed by atoms with Crippen LogP contribution in [0.15, 0.2) is 48.5 Å².